The molecule has 1 aliphatic heterocycles. The maximum Gasteiger partial charge on any atom is 0.164 e. The fraction of sp³-hybridized carbons (Fsp3) is 0.0444. The van der Waals surface area contributed by atoms with Gasteiger partial charge in [-0.15, -0.1) is 11.3 Å². The van der Waals surface area contributed by atoms with E-state index in [4.69, 9.17) is 19.7 Å². The summed E-state index contributed by atoms with van der Waals surface area (Å²) in [5.41, 5.74) is 8.45. The number of thiophene rings is 1. The van der Waals surface area contributed by atoms with Crippen LogP contribution in [0.5, 0.6) is 5.75 Å². The smallest absolute Gasteiger partial charge is 0.164 e. The van der Waals surface area contributed by atoms with Gasteiger partial charge in [-0.05, 0) is 64.7 Å². The van der Waals surface area contributed by atoms with E-state index in [0.29, 0.717) is 17.5 Å². The molecule has 2 aliphatic rings. The molecule has 4 nitrogen and oxygen atoms in total. The molecule has 1 aliphatic carbocycles. The standard InChI is InChI=1S/C45H29N3OS/c1-3-11-28(12-4-1)30-19-21-31(22-20-30)43-46-44(32-23-24-41-36(25-32)34-15-8-10-18-40(34)50-41)48-45(47-43)37-26-33(29-13-5-2-6-14-29)27-39-42(37)35-16-7-9-17-38(35)49-39/h1-27,35,38H. The van der Waals surface area contributed by atoms with Crippen molar-refractivity contribution in [3.63, 3.8) is 0 Å². The van der Waals surface area contributed by atoms with Gasteiger partial charge in [0.1, 0.15) is 11.9 Å². The van der Waals surface area contributed by atoms with Crippen LogP contribution >= 0.6 is 11.3 Å². The van der Waals surface area contributed by atoms with Gasteiger partial charge >= 0.3 is 0 Å². The molecule has 0 N–H and O–H groups in total. The molecular weight excluding hydrogens is 631 g/mol. The number of nitrogens with zero attached hydrogens (tertiary/aromatic N) is 3. The van der Waals surface area contributed by atoms with Crippen LogP contribution in [0.15, 0.2) is 164 Å². The highest BCUT2D eigenvalue weighted by atomic mass is 32.1. The Morgan fingerprint density at radius 3 is 1.86 bits per heavy atom. The van der Waals surface area contributed by atoms with Crippen molar-refractivity contribution in [3.8, 4) is 62.2 Å². The van der Waals surface area contributed by atoms with Crippen LogP contribution in [0.25, 0.3) is 76.6 Å². The minimum absolute atomic E-state index is 0.0668. The topological polar surface area (TPSA) is 47.9 Å². The van der Waals surface area contributed by atoms with Gasteiger partial charge in [0.05, 0.1) is 0 Å². The first kappa shape index (κ1) is 28.8. The summed E-state index contributed by atoms with van der Waals surface area (Å²) >= 11 is 1.81. The van der Waals surface area contributed by atoms with Crippen LogP contribution in [0.4, 0.5) is 0 Å². The van der Waals surface area contributed by atoms with Crippen molar-refractivity contribution in [2.24, 2.45) is 0 Å². The average molecular weight is 660 g/mol. The summed E-state index contributed by atoms with van der Waals surface area (Å²) in [5.74, 6) is 2.84. The number of rotatable bonds is 5. The Morgan fingerprint density at radius 1 is 0.460 bits per heavy atom. The van der Waals surface area contributed by atoms with Crippen LogP contribution in [-0.4, -0.2) is 21.1 Å². The first-order valence-electron chi connectivity index (χ1n) is 16.8. The molecule has 0 fully saturated rings. The molecule has 50 heavy (non-hydrogen) atoms. The molecule has 0 amide bonds. The minimum Gasteiger partial charge on any atom is -0.485 e. The van der Waals surface area contributed by atoms with Crippen molar-refractivity contribution in [3.05, 3.63) is 169 Å². The van der Waals surface area contributed by atoms with Crippen molar-refractivity contribution >= 4 is 31.5 Å². The first-order chi connectivity index (χ1) is 24.7. The Hall–Kier alpha value is -6.17. The van der Waals surface area contributed by atoms with Crippen molar-refractivity contribution in [1.82, 2.24) is 15.0 Å². The summed E-state index contributed by atoms with van der Waals surface area (Å²) in [6.07, 6.45) is 8.46. The molecule has 3 heterocycles. The molecule has 0 saturated carbocycles. The summed E-state index contributed by atoms with van der Waals surface area (Å²) in [7, 11) is 0. The van der Waals surface area contributed by atoms with Crippen LogP contribution < -0.4 is 4.74 Å². The predicted octanol–water partition coefficient (Wildman–Crippen LogP) is 11.5. The van der Waals surface area contributed by atoms with Crippen molar-refractivity contribution in [2.45, 2.75) is 12.0 Å². The van der Waals surface area contributed by atoms with E-state index in [0.717, 1.165) is 44.7 Å². The van der Waals surface area contributed by atoms with Crippen molar-refractivity contribution < 1.29 is 4.74 Å². The van der Waals surface area contributed by atoms with Crippen LogP contribution in [0.1, 0.15) is 11.5 Å². The summed E-state index contributed by atoms with van der Waals surface area (Å²) in [6, 6.07) is 48.9. The fourth-order valence-electron chi connectivity index (χ4n) is 7.22. The van der Waals surface area contributed by atoms with E-state index >= 15 is 0 Å². The number of benzene rings is 6. The zero-order chi connectivity index (χ0) is 33.0. The second-order valence-corrected chi connectivity index (χ2v) is 13.8. The Labute approximate surface area is 293 Å². The number of fused-ring (bicyclic) bond motifs is 6. The number of hydrogen-bond donors (Lipinski definition) is 0. The third-order valence-corrected chi connectivity index (χ3v) is 10.8. The van der Waals surface area contributed by atoms with E-state index in [-0.39, 0.29) is 12.0 Å². The number of allylic oxidation sites excluding steroid dienone is 2. The molecule has 0 saturated heterocycles. The highest BCUT2D eigenvalue weighted by Crippen LogP contribution is 2.48. The minimum atomic E-state index is -0.0691. The quantitative estimate of drug-likeness (QED) is 0.184. The van der Waals surface area contributed by atoms with Gasteiger partial charge in [0, 0.05) is 48.3 Å². The third-order valence-electron chi connectivity index (χ3n) is 9.69. The number of ether oxygens (including phenoxy) is 1. The Balaban J connectivity index is 1.19. The maximum absolute atomic E-state index is 6.59. The lowest BCUT2D eigenvalue weighted by Gasteiger charge is -2.17. The summed E-state index contributed by atoms with van der Waals surface area (Å²) in [6.45, 7) is 0. The lowest BCUT2D eigenvalue weighted by Crippen LogP contribution is -2.16. The monoisotopic (exact) mass is 659 g/mol. The van der Waals surface area contributed by atoms with Crippen LogP contribution in [0.3, 0.4) is 0 Å². The molecule has 0 spiro atoms. The van der Waals surface area contributed by atoms with Crippen LogP contribution in [0.2, 0.25) is 0 Å². The van der Waals surface area contributed by atoms with E-state index < -0.39 is 0 Å². The lowest BCUT2D eigenvalue weighted by molar-refractivity contribution is 0.269. The largest absolute Gasteiger partial charge is 0.485 e. The van der Waals surface area contributed by atoms with Crippen molar-refractivity contribution in [2.75, 3.05) is 0 Å². The molecule has 6 aromatic carbocycles. The normalized spacial score (nSPS) is 16.0. The molecule has 5 heteroatoms. The highest BCUT2D eigenvalue weighted by Gasteiger charge is 2.36. The average Bonchev–Trinajstić information content (AvgIpc) is 3.76. The third kappa shape index (κ3) is 4.94. The van der Waals surface area contributed by atoms with Gasteiger partial charge in [0.2, 0.25) is 0 Å². The van der Waals surface area contributed by atoms with Gasteiger partial charge in [0.25, 0.3) is 0 Å². The lowest BCUT2D eigenvalue weighted by atomic mass is 9.87. The first-order valence-corrected chi connectivity index (χ1v) is 17.7. The Kier molecular flexibility index (Phi) is 6.78. The fourth-order valence-corrected chi connectivity index (χ4v) is 8.31. The molecular formula is C45H29N3OS. The Bertz CT molecular complexity index is 2630. The summed E-state index contributed by atoms with van der Waals surface area (Å²) < 4.78 is 9.11. The molecule has 236 valence electrons. The molecule has 2 aromatic heterocycles. The SMILES string of the molecule is C1=CC2Oc3cc(-c4ccccc4)cc(-c4nc(-c5ccc(-c6ccccc6)cc5)nc(-c5ccc6sc7ccccc7c6c5)n4)c3C2C=C1. The van der Waals surface area contributed by atoms with Gasteiger partial charge in [-0.2, -0.15) is 0 Å². The van der Waals surface area contributed by atoms with Gasteiger partial charge < -0.3 is 4.74 Å². The van der Waals surface area contributed by atoms with E-state index in [1.165, 1.54) is 25.7 Å². The van der Waals surface area contributed by atoms with Gasteiger partial charge in [-0.3, -0.25) is 0 Å². The van der Waals surface area contributed by atoms with Crippen LogP contribution in [0, 0.1) is 0 Å². The second kappa shape index (κ2) is 11.8. The van der Waals surface area contributed by atoms with Crippen molar-refractivity contribution in [1.29, 1.82) is 0 Å². The highest BCUT2D eigenvalue weighted by molar-refractivity contribution is 7.25. The number of hydrogen-bond acceptors (Lipinski definition) is 5. The molecule has 0 bridgehead atoms. The maximum atomic E-state index is 6.59. The summed E-state index contributed by atoms with van der Waals surface area (Å²) in [4.78, 5) is 15.7. The Morgan fingerprint density at radius 2 is 1.06 bits per heavy atom. The van der Waals surface area contributed by atoms with Gasteiger partial charge in [-0.25, -0.2) is 15.0 Å². The number of aromatic nitrogens is 3. The van der Waals surface area contributed by atoms with E-state index in [9.17, 15) is 0 Å². The molecule has 2 atom stereocenters. The van der Waals surface area contributed by atoms with Crippen LogP contribution in [-0.2, 0) is 0 Å². The zero-order valence-corrected chi connectivity index (χ0v) is 27.7. The van der Waals surface area contributed by atoms with E-state index in [1.807, 2.05) is 23.5 Å². The molecule has 0 radical (unpaired) electrons. The van der Waals surface area contributed by atoms with E-state index in [2.05, 4.69) is 152 Å². The summed E-state index contributed by atoms with van der Waals surface area (Å²) in [5, 5.41) is 2.45. The molecule has 10 rings (SSSR count). The molecule has 8 aromatic rings. The van der Waals surface area contributed by atoms with Gasteiger partial charge in [0.15, 0.2) is 17.5 Å². The molecule has 2 unspecified atom stereocenters. The van der Waals surface area contributed by atoms with E-state index in [1.54, 1.807) is 0 Å². The zero-order valence-electron chi connectivity index (χ0n) is 26.9. The second-order valence-electron chi connectivity index (χ2n) is 12.7. The van der Waals surface area contributed by atoms with Gasteiger partial charge in [-0.1, -0.05) is 121 Å². The predicted molar refractivity (Wildman–Crippen MR) is 205 cm³/mol.